The van der Waals surface area contributed by atoms with Crippen molar-refractivity contribution in [2.45, 2.75) is 71.6 Å². The van der Waals surface area contributed by atoms with Crippen LogP contribution in [0.5, 0.6) is 0 Å². The van der Waals surface area contributed by atoms with Crippen molar-refractivity contribution in [3.8, 4) is 0 Å². The highest BCUT2D eigenvalue weighted by molar-refractivity contribution is 5.76. The summed E-state index contributed by atoms with van der Waals surface area (Å²) in [4.78, 5) is 14.3. The highest BCUT2D eigenvalue weighted by Gasteiger charge is 2.33. The molecule has 112 valence electrons. The van der Waals surface area contributed by atoms with E-state index in [2.05, 4.69) is 4.90 Å². The van der Waals surface area contributed by atoms with Gasteiger partial charge in [0.25, 0.3) is 0 Å². The number of esters is 1. The molecular formula is C15H29NO3. The van der Waals surface area contributed by atoms with Gasteiger partial charge in [-0.2, -0.15) is 0 Å². The Labute approximate surface area is 117 Å². The molecule has 0 saturated carbocycles. The van der Waals surface area contributed by atoms with Gasteiger partial charge in [-0.25, -0.2) is 0 Å². The Morgan fingerprint density at radius 2 is 1.79 bits per heavy atom. The lowest BCUT2D eigenvalue weighted by molar-refractivity contribution is -0.160. The number of carbonyl (C=O) groups excluding carboxylic acids is 1. The molecule has 0 spiro atoms. The van der Waals surface area contributed by atoms with E-state index in [1.807, 2.05) is 41.5 Å². The first kappa shape index (κ1) is 16.4. The average molecular weight is 271 g/mol. The van der Waals surface area contributed by atoms with Crippen molar-refractivity contribution in [3.63, 3.8) is 0 Å². The normalized spacial score (nSPS) is 21.7. The van der Waals surface area contributed by atoms with Crippen LogP contribution in [0, 0.1) is 0 Å². The standard InChI is InChI=1S/C15H29NO3/c1-14(2,3)18-11-10-16-9-7-8-12(16)13(17)19-15(4,5)6/h12H,7-11H2,1-6H3/t12-/m0/s1. The SMILES string of the molecule is CC(C)(C)OCCN1CCC[C@H]1C(=O)OC(C)(C)C. The third-order valence-electron chi connectivity index (χ3n) is 2.96. The zero-order chi connectivity index (χ0) is 14.7. The Bertz CT molecular complexity index is 301. The van der Waals surface area contributed by atoms with Crippen molar-refractivity contribution < 1.29 is 14.3 Å². The summed E-state index contributed by atoms with van der Waals surface area (Å²) in [6.45, 7) is 14.3. The maximum atomic E-state index is 12.1. The Morgan fingerprint density at radius 3 is 2.32 bits per heavy atom. The summed E-state index contributed by atoms with van der Waals surface area (Å²) in [7, 11) is 0. The number of carbonyl (C=O) groups is 1. The Hall–Kier alpha value is -0.610. The van der Waals surface area contributed by atoms with Crippen molar-refractivity contribution in [2.24, 2.45) is 0 Å². The van der Waals surface area contributed by atoms with Crippen LogP contribution in [-0.4, -0.2) is 47.8 Å². The third-order valence-corrected chi connectivity index (χ3v) is 2.96. The number of rotatable bonds is 4. The topological polar surface area (TPSA) is 38.8 Å². The summed E-state index contributed by atoms with van der Waals surface area (Å²) in [5.74, 6) is -0.0965. The van der Waals surface area contributed by atoms with E-state index in [1.165, 1.54) is 0 Å². The minimum atomic E-state index is -0.409. The van der Waals surface area contributed by atoms with E-state index >= 15 is 0 Å². The van der Waals surface area contributed by atoms with Crippen LogP contribution in [0.4, 0.5) is 0 Å². The minimum absolute atomic E-state index is 0.0946. The molecule has 0 aromatic rings. The molecule has 1 fully saturated rings. The lowest BCUT2D eigenvalue weighted by Crippen LogP contribution is -2.42. The maximum absolute atomic E-state index is 12.1. The number of hydrogen-bond acceptors (Lipinski definition) is 4. The highest BCUT2D eigenvalue weighted by Crippen LogP contribution is 2.21. The van der Waals surface area contributed by atoms with E-state index in [-0.39, 0.29) is 17.6 Å². The number of likely N-dealkylation sites (tertiary alicyclic amines) is 1. The lowest BCUT2D eigenvalue weighted by Gasteiger charge is -2.28. The molecule has 0 radical (unpaired) electrons. The van der Waals surface area contributed by atoms with Gasteiger partial charge in [0.15, 0.2) is 0 Å². The van der Waals surface area contributed by atoms with E-state index in [0.29, 0.717) is 6.61 Å². The predicted octanol–water partition coefficient (Wildman–Crippen LogP) is 2.61. The molecule has 19 heavy (non-hydrogen) atoms. The first-order valence-corrected chi connectivity index (χ1v) is 7.19. The summed E-state index contributed by atoms with van der Waals surface area (Å²) in [6, 6.07) is -0.0946. The molecule has 1 heterocycles. The first-order chi connectivity index (χ1) is 8.58. The summed E-state index contributed by atoms with van der Waals surface area (Å²) in [5.41, 5.74) is -0.533. The van der Waals surface area contributed by atoms with Gasteiger partial charge in [-0.3, -0.25) is 9.69 Å². The molecule has 0 unspecified atom stereocenters. The zero-order valence-electron chi connectivity index (χ0n) is 13.3. The van der Waals surface area contributed by atoms with Crippen LogP contribution in [0.3, 0.4) is 0 Å². The van der Waals surface area contributed by atoms with Crippen molar-refractivity contribution in [1.29, 1.82) is 0 Å². The molecule has 1 rings (SSSR count). The molecule has 1 atom stereocenters. The molecule has 1 saturated heterocycles. The Kier molecular flexibility index (Phi) is 5.39. The molecular weight excluding hydrogens is 242 g/mol. The second-order valence-electron chi connectivity index (χ2n) is 7.19. The average Bonchev–Trinajstić information content (AvgIpc) is 2.61. The van der Waals surface area contributed by atoms with Crippen molar-refractivity contribution in [3.05, 3.63) is 0 Å². The van der Waals surface area contributed by atoms with Crippen molar-refractivity contribution in [1.82, 2.24) is 4.90 Å². The first-order valence-electron chi connectivity index (χ1n) is 7.19. The van der Waals surface area contributed by atoms with Gasteiger partial charge in [-0.05, 0) is 60.9 Å². The van der Waals surface area contributed by atoms with Crippen LogP contribution >= 0.6 is 0 Å². The predicted molar refractivity (Wildman–Crippen MR) is 76.1 cm³/mol. The van der Waals surface area contributed by atoms with Gasteiger partial charge in [-0.1, -0.05) is 0 Å². The van der Waals surface area contributed by atoms with E-state index in [1.54, 1.807) is 0 Å². The molecule has 1 aliphatic heterocycles. The molecule has 0 N–H and O–H groups in total. The minimum Gasteiger partial charge on any atom is -0.459 e. The van der Waals surface area contributed by atoms with Gasteiger partial charge in [0.2, 0.25) is 0 Å². The molecule has 0 aromatic heterocycles. The van der Waals surface area contributed by atoms with E-state index in [0.717, 1.165) is 25.9 Å². The number of hydrogen-bond donors (Lipinski definition) is 0. The van der Waals surface area contributed by atoms with Gasteiger partial charge in [-0.15, -0.1) is 0 Å². The van der Waals surface area contributed by atoms with Crippen LogP contribution in [0.1, 0.15) is 54.4 Å². The fraction of sp³-hybridized carbons (Fsp3) is 0.933. The summed E-state index contributed by atoms with van der Waals surface area (Å²) >= 11 is 0. The molecule has 4 heteroatoms. The molecule has 0 aromatic carbocycles. The van der Waals surface area contributed by atoms with Crippen LogP contribution < -0.4 is 0 Å². The molecule has 1 aliphatic rings. The maximum Gasteiger partial charge on any atom is 0.323 e. The van der Waals surface area contributed by atoms with Crippen LogP contribution in [0.2, 0.25) is 0 Å². The third kappa shape index (κ3) is 6.39. The molecule has 0 aliphatic carbocycles. The number of nitrogens with zero attached hydrogens (tertiary/aromatic N) is 1. The van der Waals surface area contributed by atoms with E-state index < -0.39 is 5.60 Å². The fourth-order valence-electron chi connectivity index (χ4n) is 2.20. The lowest BCUT2D eigenvalue weighted by atomic mass is 10.1. The Balaban J connectivity index is 2.43. The highest BCUT2D eigenvalue weighted by atomic mass is 16.6. The van der Waals surface area contributed by atoms with Gasteiger partial charge >= 0.3 is 5.97 Å². The summed E-state index contributed by atoms with van der Waals surface area (Å²) in [5, 5.41) is 0. The second kappa shape index (κ2) is 6.23. The Morgan fingerprint density at radius 1 is 1.16 bits per heavy atom. The largest absolute Gasteiger partial charge is 0.459 e. The van der Waals surface area contributed by atoms with E-state index in [4.69, 9.17) is 9.47 Å². The van der Waals surface area contributed by atoms with Crippen LogP contribution in [-0.2, 0) is 14.3 Å². The summed E-state index contributed by atoms with van der Waals surface area (Å²) in [6.07, 6.45) is 1.95. The van der Waals surface area contributed by atoms with Crippen LogP contribution in [0.25, 0.3) is 0 Å². The van der Waals surface area contributed by atoms with Crippen LogP contribution in [0.15, 0.2) is 0 Å². The van der Waals surface area contributed by atoms with E-state index in [9.17, 15) is 4.79 Å². The smallest absolute Gasteiger partial charge is 0.323 e. The summed E-state index contributed by atoms with van der Waals surface area (Å²) < 4.78 is 11.2. The van der Waals surface area contributed by atoms with Gasteiger partial charge in [0.1, 0.15) is 11.6 Å². The molecule has 0 amide bonds. The zero-order valence-corrected chi connectivity index (χ0v) is 13.3. The van der Waals surface area contributed by atoms with Gasteiger partial charge in [0, 0.05) is 6.54 Å². The fourth-order valence-corrected chi connectivity index (χ4v) is 2.20. The second-order valence-corrected chi connectivity index (χ2v) is 7.19. The quantitative estimate of drug-likeness (QED) is 0.737. The number of ether oxygens (including phenoxy) is 2. The van der Waals surface area contributed by atoms with Gasteiger partial charge in [0.05, 0.1) is 12.2 Å². The molecule has 0 bridgehead atoms. The molecule has 4 nitrogen and oxygen atoms in total. The van der Waals surface area contributed by atoms with Crippen molar-refractivity contribution in [2.75, 3.05) is 19.7 Å². The van der Waals surface area contributed by atoms with Gasteiger partial charge < -0.3 is 9.47 Å². The van der Waals surface area contributed by atoms with Crippen molar-refractivity contribution >= 4 is 5.97 Å². The monoisotopic (exact) mass is 271 g/mol.